The number of fused-ring (bicyclic) bond motifs is 1. The minimum absolute atomic E-state index is 0.574. The molecule has 0 saturated heterocycles. The molecule has 0 saturated carbocycles. The Kier molecular flexibility index (Phi) is 7.40. The van der Waals surface area contributed by atoms with Crippen molar-refractivity contribution in [3.05, 3.63) is 60.7 Å². The van der Waals surface area contributed by atoms with Gasteiger partial charge in [-0.05, 0) is 54.3 Å². The van der Waals surface area contributed by atoms with E-state index in [0.29, 0.717) is 30.8 Å². The van der Waals surface area contributed by atoms with Crippen molar-refractivity contribution in [1.82, 2.24) is 0 Å². The Morgan fingerprint density at radius 2 is 1.34 bits per heavy atom. The highest BCUT2D eigenvalue weighted by atomic mass is 16.5. The molecule has 0 aliphatic heterocycles. The number of ether oxygens (including phenoxy) is 3. The molecule has 0 bridgehead atoms. The summed E-state index contributed by atoms with van der Waals surface area (Å²) in [6, 6.07) is 20.0. The van der Waals surface area contributed by atoms with Crippen molar-refractivity contribution >= 4 is 10.8 Å². The third kappa shape index (κ3) is 5.90. The number of para-hydroxylation sites is 1. The fraction of sp³-hybridized carbons (Fsp3) is 0.385. The van der Waals surface area contributed by atoms with E-state index in [4.69, 9.17) is 14.2 Å². The lowest BCUT2D eigenvalue weighted by molar-refractivity contribution is 0.275. The maximum atomic E-state index is 6.30. The number of rotatable bonds is 10. The summed E-state index contributed by atoms with van der Waals surface area (Å²) >= 11 is 0. The van der Waals surface area contributed by atoms with E-state index in [-0.39, 0.29) is 0 Å². The van der Waals surface area contributed by atoms with Crippen molar-refractivity contribution in [3.8, 4) is 23.0 Å². The van der Waals surface area contributed by atoms with Gasteiger partial charge in [0.15, 0.2) is 11.5 Å². The maximum absolute atomic E-state index is 6.30. The minimum Gasteiger partial charge on any atom is -0.493 e. The van der Waals surface area contributed by atoms with E-state index in [1.807, 2.05) is 48.5 Å². The highest BCUT2D eigenvalue weighted by Gasteiger charge is 2.16. The zero-order chi connectivity index (χ0) is 20.6. The maximum Gasteiger partial charge on any atom is 0.173 e. The summed E-state index contributed by atoms with van der Waals surface area (Å²) in [5, 5.41) is 2.07. The van der Waals surface area contributed by atoms with Crippen LogP contribution in [0.25, 0.3) is 10.8 Å². The summed E-state index contributed by atoms with van der Waals surface area (Å²) in [6.45, 7) is 10.1. The van der Waals surface area contributed by atoms with Crippen LogP contribution in [-0.4, -0.2) is 13.2 Å². The van der Waals surface area contributed by atoms with Gasteiger partial charge in [0.05, 0.1) is 18.6 Å². The summed E-state index contributed by atoms with van der Waals surface area (Å²) < 4.78 is 18.7. The van der Waals surface area contributed by atoms with Crippen LogP contribution in [0.4, 0.5) is 0 Å². The monoisotopic (exact) mass is 392 g/mol. The molecule has 29 heavy (non-hydrogen) atoms. The molecule has 0 amide bonds. The molecule has 3 heteroatoms. The molecule has 0 heterocycles. The summed E-state index contributed by atoms with van der Waals surface area (Å²) in [6.07, 6.45) is 2.00. The van der Waals surface area contributed by atoms with Crippen molar-refractivity contribution in [2.75, 3.05) is 13.2 Å². The number of hydrogen-bond donors (Lipinski definition) is 0. The molecule has 0 atom stereocenters. The molecular weight excluding hydrogens is 360 g/mol. The molecule has 0 spiro atoms. The van der Waals surface area contributed by atoms with Gasteiger partial charge in [-0.1, -0.05) is 64.1 Å². The van der Waals surface area contributed by atoms with Gasteiger partial charge in [0, 0.05) is 0 Å². The fourth-order valence-corrected chi connectivity index (χ4v) is 3.06. The molecule has 0 aromatic heterocycles. The van der Waals surface area contributed by atoms with Gasteiger partial charge in [-0.25, -0.2) is 0 Å². The van der Waals surface area contributed by atoms with E-state index in [2.05, 4.69) is 39.8 Å². The summed E-state index contributed by atoms with van der Waals surface area (Å²) in [7, 11) is 0. The minimum atomic E-state index is 0.574. The molecule has 0 aliphatic rings. The Morgan fingerprint density at radius 3 is 2.03 bits per heavy atom. The molecule has 154 valence electrons. The van der Waals surface area contributed by atoms with Crippen molar-refractivity contribution < 1.29 is 14.2 Å². The van der Waals surface area contributed by atoms with Gasteiger partial charge in [0.2, 0.25) is 0 Å². The van der Waals surface area contributed by atoms with Crippen LogP contribution in [0.3, 0.4) is 0 Å². The lowest BCUT2D eigenvalue weighted by Gasteiger charge is -2.18. The second-order valence-corrected chi connectivity index (χ2v) is 8.22. The van der Waals surface area contributed by atoms with Crippen molar-refractivity contribution in [3.63, 3.8) is 0 Å². The van der Waals surface area contributed by atoms with E-state index in [1.165, 1.54) is 0 Å². The molecule has 3 nitrogen and oxygen atoms in total. The SMILES string of the molecule is CC(C)CCOc1cccc2ccc(Oc3ccccc3)c(OCCC(C)C)c12. The van der Waals surface area contributed by atoms with Gasteiger partial charge in [0.25, 0.3) is 0 Å². The Labute approximate surface area is 174 Å². The summed E-state index contributed by atoms with van der Waals surface area (Å²) in [5.74, 6) is 4.29. The van der Waals surface area contributed by atoms with Crippen LogP contribution >= 0.6 is 0 Å². The van der Waals surface area contributed by atoms with E-state index < -0.39 is 0 Å². The third-order valence-corrected chi connectivity index (χ3v) is 4.79. The van der Waals surface area contributed by atoms with E-state index in [9.17, 15) is 0 Å². The molecule has 0 unspecified atom stereocenters. The standard InChI is InChI=1S/C26H32O3/c1-19(2)15-17-27-23-12-8-9-21-13-14-24(29-22-10-6-5-7-11-22)26(25(21)23)28-18-16-20(3)4/h5-14,19-20H,15-18H2,1-4H3. The smallest absolute Gasteiger partial charge is 0.173 e. The lowest BCUT2D eigenvalue weighted by atomic mass is 10.1. The lowest BCUT2D eigenvalue weighted by Crippen LogP contribution is -2.05. The molecular formula is C26H32O3. The molecule has 3 aromatic rings. The first kappa shape index (κ1) is 21.0. The largest absolute Gasteiger partial charge is 0.493 e. The quantitative estimate of drug-likeness (QED) is 0.358. The van der Waals surface area contributed by atoms with Gasteiger partial charge < -0.3 is 14.2 Å². The van der Waals surface area contributed by atoms with Crippen LogP contribution in [-0.2, 0) is 0 Å². The fourth-order valence-electron chi connectivity index (χ4n) is 3.06. The first-order valence-electron chi connectivity index (χ1n) is 10.6. The van der Waals surface area contributed by atoms with Crippen LogP contribution in [0.5, 0.6) is 23.0 Å². The normalized spacial score (nSPS) is 11.2. The summed E-state index contributed by atoms with van der Waals surface area (Å²) in [4.78, 5) is 0. The Hall–Kier alpha value is -2.68. The third-order valence-electron chi connectivity index (χ3n) is 4.79. The second-order valence-electron chi connectivity index (χ2n) is 8.22. The van der Waals surface area contributed by atoms with Crippen LogP contribution in [0.15, 0.2) is 60.7 Å². The number of benzene rings is 3. The second kappa shape index (κ2) is 10.2. The first-order valence-corrected chi connectivity index (χ1v) is 10.6. The van der Waals surface area contributed by atoms with E-state index in [1.54, 1.807) is 0 Å². The predicted molar refractivity (Wildman–Crippen MR) is 120 cm³/mol. The Balaban J connectivity index is 1.99. The molecule has 0 fully saturated rings. The van der Waals surface area contributed by atoms with Crippen LogP contribution in [0.1, 0.15) is 40.5 Å². The zero-order valence-corrected chi connectivity index (χ0v) is 18.0. The molecule has 0 N–H and O–H groups in total. The van der Waals surface area contributed by atoms with Gasteiger partial charge in [-0.3, -0.25) is 0 Å². The Morgan fingerprint density at radius 1 is 0.655 bits per heavy atom. The average Bonchev–Trinajstić information content (AvgIpc) is 2.69. The van der Waals surface area contributed by atoms with Gasteiger partial charge in [-0.2, -0.15) is 0 Å². The van der Waals surface area contributed by atoms with Crippen LogP contribution in [0.2, 0.25) is 0 Å². The van der Waals surface area contributed by atoms with Gasteiger partial charge in [0.1, 0.15) is 11.5 Å². The molecule has 3 aromatic carbocycles. The van der Waals surface area contributed by atoms with Crippen molar-refractivity contribution in [1.29, 1.82) is 0 Å². The Bertz CT molecular complexity index is 900. The van der Waals surface area contributed by atoms with Crippen LogP contribution in [0, 0.1) is 11.8 Å². The first-order chi connectivity index (χ1) is 14.0. The molecule has 3 rings (SSSR count). The van der Waals surface area contributed by atoms with E-state index >= 15 is 0 Å². The van der Waals surface area contributed by atoms with Crippen molar-refractivity contribution in [2.24, 2.45) is 11.8 Å². The topological polar surface area (TPSA) is 27.7 Å². The highest BCUT2D eigenvalue weighted by Crippen LogP contribution is 2.43. The highest BCUT2D eigenvalue weighted by molar-refractivity contribution is 5.96. The van der Waals surface area contributed by atoms with Crippen LogP contribution < -0.4 is 14.2 Å². The van der Waals surface area contributed by atoms with Gasteiger partial charge in [-0.15, -0.1) is 0 Å². The molecule has 0 aliphatic carbocycles. The average molecular weight is 393 g/mol. The number of hydrogen-bond acceptors (Lipinski definition) is 3. The summed E-state index contributed by atoms with van der Waals surface area (Å²) in [5.41, 5.74) is 0. The molecule has 0 radical (unpaired) electrons. The zero-order valence-electron chi connectivity index (χ0n) is 18.0. The van der Waals surface area contributed by atoms with E-state index in [0.717, 1.165) is 40.9 Å². The van der Waals surface area contributed by atoms with Gasteiger partial charge >= 0.3 is 0 Å². The predicted octanol–water partition coefficient (Wildman–Crippen LogP) is 7.48. The van der Waals surface area contributed by atoms with Crippen molar-refractivity contribution in [2.45, 2.75) is 40.5 Å².